The maximum atomic E-state index is 11.3. The van der Waals surface area contributed by atoms with Crippen molar-refractivity contribution in [1.82, 2.24) is 0 Å². The maximum absolute atomic E-state index is 11.3. The van der Waals surface area contributed by atoms with Crippen molar-refractivity contribution in [3.63, 3.8) is 0 Å². The third kappa shape index (κ3) is 3.41. The molecular weight excluding hydrogens is 296 g/mol. The Morgan fingerprint density at radius 3 is 2.65 bits per heavy atom. The quantitative estimate of drug-likeness (QED) is 0.258. The van der Waals surface area contributed by atoms with Crippen LogP contribution in [0.1, 0.15) is 11.1 Å². The maximum Gasteiger partial charge on any atom is 0.292 e. The van der Waals surface area contributed by atoms with E-state index in [0.29, 0.717) is 11.3 Å². The van der Waals surface area contributed by atoms with Gasteiger partial charge in [-0.05, 0) is 18.2 Å². The van der Waals surface area contributed by atoms with E-state index in [9.17, 15) is 14.9 Å². The number of benzene rings is 2. The first-order valence-electron chi connectivity index (χ1n) is 6.59. The van der Waals surface area contributed by atoms with E-state index in [0.717, 1.165) is 6.08 Å². The molecule has 0 saturated heterocycles. The molecule has 0 radical (unpaired) electrons. The van der Waals surface area contributed by atoms with Crippen molar-refractivity contribution in [2.75, 3.05) is 11.1 Å². The Hall–Kier alpha value is -3.48. The largest absolute Gasteiger partial charge is 0.393 e. The van der Waals surface area contributed by atoms with Crippen LogP contribution in [-0.2, 0) is 4.79 Å². The highest BCUT2D eigenvalue weighted by Crippen LogP contribution is 2.27. The van der Waals surface area contributed by atoms with Gasteiger partial charge in [-0.25, -0.2) is 0 Å². The minimum atomic E-state index is -0.590. The molecule has 2 aromatic rings. The molecule has 7 nitrogen and oxygen atoms in total. The summed E-state index contributed by atoms with van der Waals surface area (Å²) < 4.78 is 0. The summed E-state index contributed by atoms with van der Waals surface area (Å²) >= 11 is 0. The number of nitrogens with zero attached hydrogens (tertiary/aromatic N) is 1. The zero-order chi connectivity index (χ0) is 17.0. The Bertz CT molecular complexity index is 815. The van der Waals surface area contributed by atoms with Crippen LogP contribution in [0.5, 0.6) is 0 Å². The van der Waals surface area contributed by atoms with Gasteiger partial charge >= 0.3 is 0 Å². The number of nitrogen functional groups attached to an aromatic ring is 1. The van der Waals surface area contributed by atoms with Crippen molar-refractivity contribution >= 4 is 28.7 Å². The van der Waals surface area contributed by atoms with Crippen LogP contribution in [0.4, 0.5) is 17.1 Å². The molecule has 4 N–H and O–H groups in total. The summed E-state index contributed by atoms with van der Waals surface area (Å²) in [6, 6.07) is 10.9. The van der Waals surface area contributed by atoms with Gasteiger partial charge in [0.1, 0.15) is 5.69 Å². The molecular formula is C16H14N4O3. The van der Waals surface area contributed by atoms with Crippen LogP contribution in [-0.4, -0.2) is 16.5 Å². The highest BCUT2D eigenvalue weighted by atomic mass is 16.6. The topological polar surface area (TPSA) is 122 Å². The van der Waals surface area contributed by atoms with Gasteiger partial charge in [0.15, 0.2) is 0 Å². The Labute approximate surface area is 132 Å². The predicted molar refractivity (Wildman–Crippen MR) is 88.7 cm³/mol. The molecule has 7 heteroatoms. The van der Waals surface area contributed by atoms with Crippen molar-refractivity contribution in [2.24, 2.45) is 0 Å². The molecule has 23 heavy (non-hydrogen) atoms. The third-order valence-electron chi connectivity index (χ3n) is 3.15. The smallest absolute Gasteiger partial charge is 0.292 e. The summed E-state index contributed by atoms with van der Waals surface area (Å²) in [5, 5.41) is 21.8. The van der Waals surface area contributed by atoms with Crippen LogP contribution < -0.4 is 11.1 Å². The second kappa shape index (κ2) is 6.52. The van der Waals surface area contributed by atoms with Gasteiger partial charge in [0.2, 0.25) is 5.91 Å². The van der Waals surface area contributed by atoms with E-state index in [1.54, 1.807) is 30.3 Å². The normalized spacial score (nSPS) is 9.91. The number of carbonyl (C=O) groups is 1. The molecule has 0 heterocycles. The molecule has 0 saturated carbocycles. The first kappa shape index (κ1) is 15.9. The van der Waals surface area contributed by atoms with Gasteiger partial charge in [0, 0.05) is 22.9 Å². The zero-order valence-electron chi connectivity index (χ0n) is 12.1. The average molecular weight is 310 g/mol. The number of rotatable bonds is 5. The van der Waals surface area contributed by atoms with E-state index in [2.05, 4.69) is 11.9 Å². The molecule has 1 amide bonds. The minimum Gasteiger partial charge on any atom is -0.393 e. The van der Waals surface area contributed by atoms with Gasteiger partial charge in [0.25, 0.3) is 5.69 Å². The van der Waals surface area contributed by atoms with Crippen molar-refractivity contribution in [3.05, 3.63) is 76.4 Å². The lowest BCUT2D eigenvalue weighted by atomic mass is 9.99. The minimum absolute atomic E-state index is 0.0286. The third-order valence-corrected chi connectivity index (χ3v) is 3.15. The predicted octanol–water partition coefficient (Wildman–Crippen LogP) is 2.72. The molecule has 0 aliphatic heterocycles. The molecule has 0 fully saturated rings. The summed E-state index contributed by atoms with van der Waals surface area (Å²) in [7, 11) is 0. The highest BCUT2D eigenvalue weighted by molar-refractivity contribution is 6.15. The number of nitrogens with one attached hydrogen (secondary N) is 2. The van der Waals surface area contributed by atoms with E-state index in [1.165, 1.54) is 12.1 Å². The molecule has 0 aliphatic carbocycles. The number of nitro groups is 1. The van der Waals surface area contributed by atoms with Crippen LogP contribution in [0.15, 0.2) is 55.1 Å². The summed E-state index contributed by atoms with van der Waals surface area (Å²) in [6.07, 6.45) is 1.14. The molecule has 0 aromatic heterocycles. The number of anilines is 2. The van der Waals surface area contributed by atoms with Crippen molar-refractivity contribution in [3.8, 4) is 0 Å². The van der Waals surface area contributed by atoms with Crippen LogP contribution >= 0.6 is 0 Å². The van der Waals surface area contributed by atoms with Gasteiger partial charge in [-0.3, -0.25) is 20.3 Å². The molecule has 0 spiro atoms. The van der Waals surface area contributed by atoms with E-state index in [4.69, 9.17) is 11.1 Å². The van der Waals surface area contributed by atoms with Crippen LogP contribution in [0.25, 0.3) is 0 Å². The molecule has 116 valence electrons. The van der Waals surface area contributed by atoms with Crippen molar-refractivity contribution < 1.29 is 9.72 Å². The zero-order valence-corrected chi connectivity index (χ0v) is 12.1. The number of nitrogens with two attached hydrogens (primary N) is 1. The summed E-state index contributed by atoms with van der Waals surface area (Å²) in [5.41, 5.74) is 6.73. The second-order valence-corrected chi connectivity index (χ2v) is 4.64. The number of carbonyl (C=O) groups excluding carboxylic acids is 1. The van der Waals surface area contributed by atoms with Gasteiger partial charge < -0.3 is 11.1 Å². The van der Waals surface area contributed by atoms with Gasteiger partial charge in [-0.1, -0.05) is 30.8 Å². The molecule has 0 atom stereocenters. The Morgan fingerprint density at radius 2 is 2.00 bits per heavy atom. The van der Waals surface area contributed by atoms with Gasteiger partial charge in [-0.15, -0.1) is 0 Å². The van der Waals surface area contributed by atoms with Crippen LogP contribution in [0.3, 0.4) is 0 Å². The number of para-hydroxylation sites is 1. The molecule has 0 bridgehead atoms. The summed E-state index contributed by atoms with van der Waals surface area (Å²) in [4.78, 5) is 21.7. The number of hydrogen-bond donors (Lipinski definition) is 3. The standard InChI is InChI=1S/C16H14N4O3/c1-2-14(21)19-11-6-3-5-10(9-11)15(17)12-7-4-8-13(16(12)18)20(22)23/h2-9,17H,1,18H2,(H,19,21). The van der Waals surface area contributed by atoms with E-state index >= 15 is 0 Å². The SMILES string of the molecule is C=CC(=O)Nc1cccc(C(=N)c2cccc([N+](=O)[O-])c2N)c1. The first-order chi connectivity index (χ1) is 10.9. The lowest BCUT2D eigenvalue weighted by Crippen LogP contribution is -2.10. The van der Waals surface area contributed by atoms with E-state index < -0.39 is 4.92 Å². The number of nitro benzene ring substituents is 1. The van der Waals surface area contributed by atoms with Gasteiger partial charge in [-0.2, -0.15) is 0 Å². The van der Waals surface area contributed by atoms with Crippen LogP contribution in [0, 0.1) is 15.5 Å². The van der Waals surface area contributed by atoms with E-state index in [-0.39, 0.29) is 28.6 Å². The lowest BCUT2D eigenvalue weighted by Gasteiger charge is -2.10. The molecule has 0 unspecified atom stereocenters. The average Bonchev–Trinajstić information content (AvgIpc) is 2.54. The fraction of sp³-hybridized carbons (Fsp3) is 0. The number of amides is 1. The van der Waals surface area contributed by atoms with Crippen molar-refractivity contribution in [2.45, 2.75) is 0 Å². The van der Waals surface area contributed by atoms with Gasteiger partial charge in [0.05, 0.1) is 10.6 Å². The molecule has 2 rings (SSSR count). The molecule has 2 aromatic carbocycles. The first-order valence-corrected chi connectivity index (χ1v) is 6.59. The monoisotopic (exact) mass is 310 g/mol. The molecule has 0 aliphatic rings. The summed E-state index contributed by atoms with van der Waals surface area (Å²) in [6.45, 7) is 3.37. The highest BCUT2D eigenvalue weighted by Gasteiger charge is 2.18. The fourth-order valence-electron chi connectivity index (χ4n) is 2.03. The van der Waals surface area contributed by atoms with Crippen molar-refractivity contribution in [1.29, 1.82) is 5.41 Å². The fourth-order valence-corrected chi connectivity index (χ4v) is 2.03. The van der Waals surface area contributed by atoms with Crippen LogP contribution in [0.2, 0.25) is 0 Å². The lowest BCUT2D eigenvalue weighted by molar-refractivity contribution is -0.383. The Balaban J connectivity index is 2.40. The summed E-state index contributed by atoms with van der Waals surface area (Å²) in [5.74, 6) is -0.372. The van der Waals surface area contributed by atoms with E-state index in [1.807, 2.05) is 0 Å². The Kier molecular flexibility index (Phi) is 4.51. The number of hydrogen-bond acceptors (Lipinski definition) is 5. The second-order valence-electron chi connectivity index (χ2n) is 4.64. The Morgan fingerprint density at radius 1 is 1.30 bits per heavy atom.